The number of alkyl halides is 3. The van der Waals surface area contributed by atoms with Crippen molar-refractivity contribution >= 4 is 40.4 Å². The molecule has 2 rings (SSSR count). The van der Waals surface area contributed by atoms with Crippen molar-refractivity contribution in [1.82, 2.24) is 9.38 Å². The van der Waals surface area contributed by atoms with E-state index in [1.54, 1.807) is 0 Å². The van der Waals surface area contributed by atoms with E-state index in [2.05, 4.69) is 9.72 Å². The molecule has 106 valence electrons. The number of anilines is 1. The quantitative estimate of drug-likeness (QED) is 0.865. The first-order valence-corrected chi connectivity index (χ1v) is 5.67. The number of carbonyl (C=O) groups excluding carboxylic acids is 1. The number of ether oxygens (including phenoxy) is 1. The molecule has 0 aliphatic rings. The maximum absolute atomic E-state index is 12.9. The molecular weight excluding hydrogens is 307 g/mol. The highest BCUT2D eigenvalue weighted by molar-refractivity contribution is 7.19. The van der Waals surface area contributed by atoms with Crippen LogP contribution in [0.15, 0.2) is 6.33 Å². The first-order chi connectivity index (χ1) is 8.36. The van der Waals surface area contributed by atoms with Gasteiger partial charge in [-0.3, -0.25) is 4.40 Å². The zero-order valence-corrected chi connectivity index (χ0v) is 11.2. The zero-order chi connectivity index (χ0) is 13.5. The van der Waals surface area contributed by atoms with Crippen LogP contribution in [0.25, 0.3) is 4.83 Å². The van der Waals surface area contributed by atoms with Gasteiger partial charge in [0.1, 0.15) is 16.0 Å². The van der Waals surface area contributed by atoms with Crippen LogP contribution in [0.2, 0.25) is 0 Å². The number of hydrogen-bond donors (Lipinski definition) is 1. The molecule has 0 spiro atoms. The third kappa shape index (κ3) is 2.61. The van der Waals surface area contributed by atoms with Crippen molar-refractivity contribution < 1.29 is 22.7 Å². The van der Waals surface area contributed by atoms with Crippen LogP contribution in [-0.4, -0.2) is 22.0 Å². The molecule has 5 nitrogen and oxygen atoms in total. The molecule has 0 unspecified atom stereocenters. The number of aromatic nitrogens is 2. The molecule has 0 atom stereocenters. The molecule has 0 aliphatic heterocycles. The van der Waals surface area contributed by atoms with Gasteiger partial charge in [-0.2, -0.15) is 13.2 Å². The molecule has 0 amide bonds. The van der Waals surface area contributed by atoms with Gasteiger partial charge >= 0.3 is 12.1 Å². The molecule has 2 aromatic heterocycles. The number of hydrogen-bond acceptors (Lipinski definition) is 5. The first kappa shape index (κ1) is 15.6. The number of fused-ring (bicyclic) bond motifs is 1. The van der Waals surface area contributed by atoms with Crippen molar-refractivity contribution in [3.63, 3.8) is 0 Å². The smallest absolute Gasteiger partial charge is 0.433 e. The van der Waals surface area contributed by atoms with Crippen molar-refractivity contribution in [2.75, 3.05) is 12.3 Å². The van der Waals surface area contributed by atoms with E-state index in [0.29, 0.717) is 11.3 Å². The lowest BCUT2D eigenvalue weighted by molar-refractivity contribution is -0.142. The Morgan fingerprint density at radius 1 is 1.58 bits per heavy atom. The molecule has 0 fully saturated rings. The van der Waals surface area contributed by atoms with Crippen LogP contribution in [0.5, 0.6) is 0 Å². The van der Waals surface area contributed by atoms with Gasteiger partial charge < -0.3 is 10.5 Å². The molecule has 0 aromatic carbocycles. The fourth-order valence-electron chi connectivity index (χ4n) is 1.47. The summed E-state index contributed by atoms with van der Waals surface area (Å²) in [6, 6.07) is 0. The van der Waals surface area contributed by atoms with E-state index in [4.69, 9.17) is 5.73 Å². The summed E-state index contributed by atoms with van der Waals surface area (Å²) in [5.41, 5.74) is 4.33. The maximum atomic E-state index is 12.9. The van der Waals surface area contributed by atoms with Gasteiger partial charge in [0.05, 0.1) is 6.61 Å². The number of nitrogen functional groups attached to an aromatic ring is 1. The van der Waals surface area contributed by atoms with Crippen molar-refractivity contribution in [1.29, 1.82) is 0 Å². The Bertz CT molecular complexity index is 608. The van der Waals surface area contributed by atoms with E-state index < -0.39 is 22.7 Å². The normalized spacial score (nSPS) is 11.4. The summed E-state index contributed by atoms with van der Waals surface area (Å²) in [7, 11) is 0. The molecule has 2 N–H and O–H groups in total. The molecule has 2 heterocycles. The van der Waals surface area contributed by atoms with E-state index >= 15 is 0 Å². The zero-order valence-electron chi connectivity index (χ0n) is 9.52. The van der Waals surface area contributed by atoms with Gasteiger partial charge in [-0.15, -0.1) is 23.7 Å². The Labute approximate surface area is 115 Å². The first-order valence-electron chi connectivity index (χ1n) is 4.86. The van der Waals surface area contributed by atoms with Crippen molar-refractivity contribution in [3.05, 3.63) is 16.9 Å². The van der Waals surface area contributed by atoms with Gasteiger partial charge in [-0.25, -0.2) is 9.78 Å². The minimum Gasteiger partial charge on any atom is -0.462 e. The largest absolute Gasteiger partial charge is 0.462 e. The van der Waals surface area contributed by atoms with Gasteiger partial charge in [0, 0.05) is 0 Å². The van der Waals surface area contributed by atoms with E-state index in [0.717, 1.165) is 10.7 Å². The third-order valence-electron chi connectivity index (χ3n) is 2.13. The van der Waals surface area contributed by atoms with E-state index in [1.165, 1.54) is 6.92 Å². The highest BCUT2D eigenvalue weighted by Crippen LogP contribution is 2.38. The van der Waals surface area contributed by atoms with Crippen LogP contribution >= 0.6 is 23.7 Å². The Morgan fingerprint density at radius 3 is 2.74 bits per heavy atom. The number of thiazole rings is 1. The van der Waals surface area contributed by atoms with Gasteiger partial charge in [0.25, 0.3) is 0 Å². The number of carbonyl (C=O) groups is 1. The van der Waals surface area contributed by atoms with E-state index in [1.807, 2.05) is 0 Å². The van der Waals surface area contributed by atoms with Crippen LogP contribution in [-0.2, 0) is 10.9 Å². The number of nitrogens with zero attached hydrogens (tertiary/aromatic N) is 2. The van der Waals surface area contributed by atoms with Crippen LogP contribution in [0.4, 0.5) is 19.0 Å². The summed E-state index contributed by atoms with van der Waals surface area (Å²) < 4.78 is 44.1. The Kier molecular flexibility index (Phi) is 4.31. The molecule has 0 aliphatic carbocycles. The maximum Gasteiger partial charge on any atom is 0.433 e. The Hall–Kier alpha value is -1.48. The molecule has 0 saturated carbocycles. The number of halogens is 4. The standard InChI is InChI=1S/C9H8F3N3O2S.ClH/c1-2-17-8(16)4-5(9(10,11)12)15-3-14-6(13)7(15)18-4;/h3H,2,13H2,1H3;1H. The van der Waals surface area contributed by atoms with Crippen LogP contribution in [0.1, 0.15) is 22.3 Å². The van der Waals surface area contributed by atoms with E-state index in [9.17, 15) is 18.0 Å². The minimum atomic E-state index is -4.69. The lowest BCUT2D eigenvalue weighted by Crippen LogP contribution is -2.15. The number of esters is 1. The van der Waals surface area contributed by atoms with Gasteiger partial charge in [-0.1, -0.05) is 0 Å². The monoisotopic (exact) mass is 315 g/mol. The van der Waals surface area contributed by atoms with Gasteiger partial charge in [0.2, 0.25) is 0 Å². The predicted octanol–water partition coefficient (Wildman–Crippen LogP) is 2.60. The summed E-state index contributed by atoms with van der Waals surface area (Å²) >= 11 is 0.613. The Morgan fingerprint density at radius 2 is 2.21 bits per heavy atom. The SMILES string of the molecule is CCOC(=O)c1sc2c(N)ncn2c1C(F)(F)F.Cl. The summed E-state index contributed by atoms with van der Waals surface area (Å²) in [5.74, 6) is -1.07. The van der Waals surface area contributed by atoms with Crippen LogP contribution in [0, 0.1) is 0 Å². The Balaban J connectivity index is 0.00000180. The summed E-state index contributed by atoms with van der Waals surface area (Å²) in [6.45, 7) is 1.51. The highest BCUT2D eigenvalue weighted by Gasteiger charge is 2.41. The number of nitrogens with two attached hydrogens (primary N) is 1. The summed E-state index contributed by atoms with van der Waals surface area (Å²) in [6.07, 6.45) is -3.75. The second kappa shape index (κ2) is 5.25. The molecule has 2 aromatic rings. The van der Waals surface area contributed by atoms with Gasteiger partial charge in [0.15, 0.2) is 11.5 Å². The average Bonchev–Trinajstić information content (AvgIpc) is 2.78. The predicted molar refractivity (Wildman–Crippen MR) is 65.7 cm³/mol. The molecule has 0 radical (unpaired) electrons. The second-order valence-corrected chi connectivity index (χ2v) is 4.30. The lowest BCUT2D eigenvalue weighted by Gasteiger charge is -2.07. The molecule has 10 heteroatoms. The van der Waals surface area contributed by atoms with Gasteiger partial charge in [-0.05, 0) is 6.92 Å². The van der Waals surface area contributed by atoms with Crippen molar-refractivity contribution in [2.24, 2.45) is 0 Å². The molecule has 0 bridgehead atoms. The fourth-order valence-corrected chi connectivity index (χ4v) is 2.51. The molecule has 0 saturated heterocycles. The number of imidazole rings is 1. The van der Waals surface area contributed by atoms with Crippen molar-refractivity contribution in [2.45, 2.75) is 13.1 Å². The van der Waals surface area contributed by atoms with Crippen molar-refractivity contribution in [3.8, 4) is 0 Å². The second-order valence-electron chi connectivity index (χ2n) is 3.30. The molecule has 19 heavy (non-hydrogen) atoms. The van der Waals surface area contributed by atoms with Crippen LogP contribution in [0.3, 0.4) is 0 Å². The average molecular weight is 316 g/mol. The van der Waals surface area contributed by atoms with E-state index in [-0.39, 0.29) is 29.7 Å². The fraction of sp³-hybridized carbons (Fsp3) is 0.333. The summed E-state index contributed by atoms with van der Waals surface area (Å²) in [5, 5.41) is 0. The van der Waals surface area contributed by atoms with Crippen LogP contribution < -0.4 is 5.73 Å². The lowest BCUT2D eigenvalue weighted by atomic mass is 10.3. The minimum absolute atomic E-state index is 0. The number of rotatable bonds is 2. The molecular formula is C9H9ClF3N3O2S. The third-order valence-corrected chi connectivity index (χ3v) is 3.30. The highest BCUT2D eigenvalue weighted by atomic mass is 35.5. The summed E-state index contributed by atoms with van der Waals surface area (Å²) in [4.78, 5) is 14.6. The topological polar surface area (TPSA) is 69.6 Å².